The molecule has 2 heterocycles. The number of para-hydroxylation sites is 2. The third-order valence-corrected chi connectivity index (χ3v) is 6.82. The third-order valence-electron chi connectivity index (χ3n) is 6.45. The topological polar surface area (TPSA) is 54.8 Å². The first-order valence-corrected chi connectivity index (χ1v) is 12.8. The van der Waals surface area contributed by atoms with Crippen molar-refractivity contribution in [2.75, 3.05) is 16.4 Å². The maximum atomic E-state index is 13.9. The van der Waals surface area contributed by atoms with Gasteiger partial charge in [0.15, 0.2) is 5.11 Å². The second-order valence-corrected chi connectivity index (χ2v) is 9.25. The molecule has 1 saturated heterocycles. The van der Waals surface area contributed by atoms with Crippen molar-refractivity contribution in [2.24, 2.45) is 0 Å². The maximum Gasteiger partial charge on any atom is 0.270 e. The van der Waals surface area contributed by atoms with Crippen LogP contribution in [-0.4, -0.2) is 28.1 Å². The Hall–Kier alpha value is -4.49. The van der Waals surface area contributed by atoms with Gasteiger partial charge in [0.2, 0.25) is 0 Å². The molecule has 0 N–H and O–H groups in total. The Morgan fingerprint density at radius 3 is 1.84 bits per heavy atom. The molecule has 0 radical (unpaired) electrons. The lowest BCUT2D eigenvalue weighted by Gasteiger charge is -2.36. The number of anilines is 2. The van der Waals surface area contributed by atoms with Crippen LogP contribution in [0.1, 0.15) is 23.9 Å². The molecule has 190 valence electrons. The van der Waals surface area contributed by atoms with E-state index < -0.39 is 11.8 Å². The number of nitrogens with zero attached hydrogens (tertiary/aromatic N) is 3. The van der Waals surface area contributed by atoms with Gasteiger partial charge in [-0.3, -0.25) is 19.4 Å². The summed E-state index contributed by atoms with van der Waals surface area (Å²) in [6.45, 7) is 6.43. The Kier molecular flexibility index (Phi) is 6.94. The number of aryl methyl sites for hydroxylation is 1. The first kappa shape index (κ1) is 25.2. The molecule has 4 aromatic rings. The molecule has 1 aliphatic rings. The Balaban J connectivity index is 1.63. The van der Waals surface area contributed by atoms with E-state index in [9.17, 15) is 9.59 Å². The molecule has 0 bridgehead atoms. The number of hydrogen-bond donors (Lipinski definition) is 0. The quantitative estimate of drug-likeness (QED) is 0.171. The van der Waals surface area contributed by atoms with Gasteiger partial charge in [-0.2, -0.15) is 0 Å². The summed E-state index contributed by atoms with van der Waals surface area (Å²) in [4.78, 5) is 30.5. The van der Waals surface area contributed by atoms with Crippen molar-refractivity contribution in [1.82, 2.24) is 4.57 Å². The van der Waals surface area contributed by atoms with Gasteiger partial charge in [0.25, 0.3) is 11.8 Å². The van der Waals surface area contributed by atoms with Crippen LogP contribution in [0.4, 0.5) is 11.4 Å². The fourth-order valence-electron chi connectivity index (χ4n) is 4.68. The average Bonchev–Trinajstić information content (AvgIpc) is 3.21. The number of ether oxygens (including phenoxy) is 1. The number of amides is 2. The Morgan fingerprint density at radius 2 is 1.29 bits per heavy atom. The van der Waals surface area contributed by atoms with Crippen molar-refractivity contribution in [2.45, 2.75) is 20.8 Å². The zero-order valence-electron chi connectivity index (χ0n) is 21.4. The monoisotopic (exact) mass is 521 g/mol. The lowest BCUT2D eigenvalue weighted by Crippen LogP contribution is -2.56. The van der Waals surface area contributed by atoms with E-state index >= 15 is 0 Å². The van der Waals surface area contributed by atoms with Crippen molar-refractivity contribution in [3.8, 4) is 11.4 Å². The van der Waals surface area contributed by atoms with Crippen molar-refractivity contribution < 1.29 is 14.3 Å². The van der Waals surface area contributed by atoms with Crippen LogP contribution in [0, 0.1) is 13.8 Å². The lowest BCUT2D eigenvalue weighted by atomic mass is 10.0. The van der Waals surface area contributed by atoms with Gasteiger partial charge in [-0.25, -0.2) is 0 Å². The highest BCUT2D eigenvalue weighted by Crippen LogP contribution is 2.32. The minimum atomic E-state index is -0.471. The lowest BCUT2D eigenvalue weighted by molar-refractivity contribution is -0.120. The van der Waals surface area contributed by atoms with Gasteiger partial charge >= 0.3 is 0 Å². The predicted molar refractivity (Wildman–Crippen MR) is 155 cm³/mol. The molecule has 7 heteroatoms. The van der Waals surface area contributed by atoms with Crippen molar-refractivity contribution >= 4 is 46.6 Å². The zero-order valence-corrected chi connectivity index (χ0v) is 22.2. The van der Waals surface area contributed by atoms with Gasteiger partial charge in [0, 0.05) is 17.1 Å². The van der Waals surface area contributed by atoms with Crippen molar-refractivity contribution in [3.05, 3.63) is 114 Å². The highest BCUT2D eigenvalue weighted by Gasteiger charge is 2.41. The molecule has 6 nitrogen and oxygen atoms in total. The Labute approximate surface area is 227 Å². The Bertz CT molecular complexity index is 1540. The van der Waals surface area contributed by atoms with Crippen LogP contribution in [0.3, 0.4) is 0 Å². The van der Waals surface area contributed by atoms with E-state index in [1.54, 1.807) is 42.5 Å². The first-order valence-electron chi connectivity index (χ1n) is 12.4. The SMILES string of the molecule is CCOc1ccc(N2C(=O)/C(=C/c3cc(C)n(-c4ccccc4)c3C)C(=O)N(c3ccccc3)C2=S)cc1. The molecule has 3 aromatic carbocycles. The minimum absolute atomic E-state index is 0.0321. The van der Waals surface area contributed by atoms with Crippen LogP contribution in [0.25, 0.3) is 11.8 Å². The van der Waals surface area contributed by atoms with Gasteiger partial charge in [-0.15, -0.1) is 0 Å². The summed E-state index contributed by atoms with van der Waals surface area (Å²) in [5, 5.41) is 0.0993. The van der Waals surface area contributed by atoms with E-state index in [1.165, 1.54) is 9.80 Å². The van der Waals surface area contributed by atoms with Crippen molar-refractivity contribution in [3.63, 3.8) is 0 Å². The smallest absolute Gasteiger partial charge is 0.270 e. The molecule has 2 amide bonds. The van der Waals surface area contributed by atoms with E-state index in [-0.39, 0.29) is 10.7 Å². The van der Waals surface area contributed by atoms with Crippen molar-refractivity contribution in [1.29, 1.82) is 0 Å². The summed E-state index contributed by atoms with van der Waals surface area (Å²) in [6.07, 6.45) is 1.67. The largest absolute Gasteiger partial charge is 0.494 e. The number of carbonyl (C=O) groups excluding carboxylic acids is 2. The summed E-state index contributed by atoms with van der Waals surface area (Å²) < 4.78 is 7.66. The summed E-state index contributed by atoms with van der Waals surface area (Å²) in [7, 11) is 0. The highest BCUT2D eigenvalue weighted by molar-refractivity contribution is 7.81. The molecule has 5 rings (SSSR count). The van der Waals surface area contributed by atoms with Gasteiger partial charge in [-0.1, -0.05) is 36.4 Å². The van der Waals surface area contributed by atoms with E-state index in [4.69, 9.17) is 17.0 Å². The van der Waals surface area contributed by atoms with Gasteiger partial charge in [-0.05, 0) is 99.2 Å². The molecule has 1 aromatic heterocycles. The summed E-state index contributed by atoms with van der Waals surface area (Å²) in [5.41, 5.74) is 4.89. The third kappa shape index (κ3) is 4.53. The fraction of sp³-hybridized carbons (Fsp3) is 0.129. The second kappa shape index (κ2) is 10.5. The second-order valence-electron chi connectivity index (χ2n) is 8.88. The standard InChI is InChI=1S/C31H27N3O3S/c1-4-37-27-17-15-26(16-18-27)34-30(36)28(29(35)33(31(34)38)25-13-9-6-10-14-25)20-23-19-21(2)32(22(23)3)24-11-7-5-8-12-24/h5-20H,4H2,1-3H3/b28-20+. The molecule has 0 atom stereocenters. The zero-order chi connectivity index (χ0) is 26.8. The van der Waals surface area contributed by atoms with Crippen LogP contribution in [-0.2, 0) is 9.59 Å². The first-order chi connectivity index (χ1) is 18.4. The summed E-state index contributed by atoms with van der Waals surface area (Å²) in [5.74, 6) is -0.245. The van der Waals surface area contributed by atoms with Gasteiger partial charge < -0.3 is 9.30 Å². The van der Waals surface area contributed by atoms with E-state index in [1.807, 2.05) is 75.4 Å². The molecule has 0 saturated carbocycles. The molecule has 38 heavy (non-hydrogen) atoms. The van der Waals surface area contributed by atoms with Crippen LogP contribution in [0.5, 0.6) is 5.75 Å². The number of rotatable bonds is 6. The molecular formula is C31H27N3O3S. The van der Waals surface area contributed by atoms with Crippen LogP contribution < -0.4 is 14.5 Å². The molecular weight excluding hydrogens is 494 g/mol. The van der Waals surface area contributed by atoms with Crippen LogP contribution in [0.2, 0.25) is 0 Å². The number of hydrogen-bond acceptors (Lipinski definition) is 4. The minimum Gasteiger partial charge on any atom is -0.494 e. The predicted octanol–water partition coefficient (Wildman–Crippen LogP) is 6.24. The highest BCUT2D eigenvalue weighted by atomic mass is 32.1. The molecule has 0 unspecified atom stereocenters. The number of aromatic nitrogens is 1. The van der Waals surface area contributed by atoms with Crippen LogP contribution in [0.15, 0.2) is 96.6 Å². The van der Waals surface area contributed by atoms with E-state index in [0.717, 1.165) is 22.6 Å². The Morgan fingerprint density at radius 1 is 0.763 bits per heavy atom. The van der Waals surface area contributed by atoms with Gasteiger partial charge in [0.1, 0.15) is 11.3 Å². The van der Waals surface area contributed by atoms with E-state index in [2.05, 4.69) is 4.57 Å². The van der Waals surface area contributed by atoms with Gasteiger partial charge in [0.05, 0.1) is 18.0 Å². The summed E-state index contributed by atoms with van der Waals surface area (Å²) in [6, 6.07) is 28.2. The number of benzene rings is 3. The molecule has 1 aliphatic heterocycles. The fourth-order valence-corrected chi connectivity index (χ4v) is 5.06. The summed E-state index contributed by atoms with van der Waals surface area (Å²) >= 11 is 5.73. The van der Waals surface area contributed by atoms with Crippen LogP contribution >= 0.6 is 12.2 Å². The number of thiocarbonyl (C=S) groups is 1. The molecule has 0 spiro atoms. The molecule has 1 fully saturated rings. The molecule has 0 aliphatic carbocycles. The number of carbonyl (C=O) groups is 2. The normalized spacial score (nSPS) is 14.9. The average molecular weight is 522 g/mol. The van der Waals surface area contributed by atoms with E-state index in [0.29, 0.717) is 23.7 Å². The maximum absolute atomic E-state index is 13.9.